The third-order valence-corrected chi connectivity index (χ3v) is 6.24. The van der Waals surface area contributed by atoms with E-state index in [1.807, 2.05) is 24.3 Å². The Kier molecular flexibility index (Phi) is 4.26. The van der Waals surface area contributed by atoms with E-state index in [4.69, 9.17) is 0 Å². The van der Waals surface area contributed by atoms with Crippen molar-refractivity contribution < 1.29 is 4.79 Å². The minimum Gasteiger partial charge on any atom is -0.347 e. The summed E-state index contributed by atoms with van der Waals surface area (Å²) in [5.41, 5.74) is 1.15. The molecule has 1 saturated carbocycles. The van der Waals surface area contributed by atoms with E-state index in [2.05, 4.69) is 38.3 Å². The maximum Gasteiger partial charge on any atom is 0.261 e. The maximum atomic E-state index is 12.5. The monoisotopic (exact) mass is 390 g/mol. The van der Waals surface area contributed by atoms with Crippen LogP contribution in [0.3, 0.4) is 0 Å². The molecule has 1 aromatic carbocycles. The Hall–Kier alpha value is -1.17. The van der Waals surface area contributed by atoms with Crippen molar-refractivity contribution in [3.05, 3.63) is 45.7 Å². The number of benzene rings is 1. The zero-order chi connectivity index (χ0) is 15.8. The zero-order valence-corrected chi connectivity index (χ0v) is 15.2. The fourth-order valence-electron chi connectivity index (χ4n) is 3.16. The number of carbonyl (C=O) groups is 1. The summed E-state index contributed by atoms with van der Waals surface area (Å²) in [6.45, 7) is 2.14. The molecule has 1 atom stereocenters. The smallest absolute Gasteiger partial charge is 0.261 e. The van der Waals surface area contributed by atoms with Gasteiger partial charge >= 0.3 is 0 Å². The molecule has 2 heterocycles. The number of halogens is 1. The molecule has 1 aromatic heterocycles. The largest absolute Gasteiger partial charge is 0.347 e. The van der Waals surface area contributed by atoms with Crippen LogP contribution in [0, 0.1) is 0 Å². The number of carbonyl (C=O) groups excluding carboxylic acids is 1. The maximum absolute atomic E-state index is 12.5. The van der Waals surface area contributed by atoms with Crippen LogP contribution in [0.15, 0.2) is 40.9 Å². The second-order valence-electron chi connectivity index (χ2n) is 6.36. The van der Waals surface area contributed by atoms with Crippen molar-refractivity contribution in [2.45, 2.75) is 31.3 Å². The number of rotatable bonds is 4. The minimum absolute atomic E-state index is 0.0704. The van der Waals surface area contributed by atoms with Crippen molar-refractivity contribution in [2.24, 2.45) is 0 Å². The van der Waals surface area contributed by atoms with Crippen LogP contribution in [0.4, 0.5) is 0 Å². The molecule has 23 heavy (non-hydrogen) atoms. The van der Waals surface area contributed by atoms with Gasteiger partial charge in [-0.15, -0.1) is 11.3 Å². The van der Waals surface area contributed by atoms with Crippen molar-refractivity contribution in [2.75, 3.05) is 13.1 Å². The molecule has 2 fully saturated rings. The molecule has 1 aliphatic heterocycles. The van der Waals surface area contributed by atoms with E-state index < -0.39 is 0 Å². The quantitative estimate of drug-likeness (QED) is 0.850. The van der Waals surface area contributed by atoms with Gasteiger partial charge in [0.25, 0.3) is 5.91 Å². The lowest BCUT2D eigenvalue weighted by molar-refractivity contribution is 0.0941. The highest BCUT2D eigenvalue weighted by molar-refractivity contribution is 9.10. The Morgan fingerprint density at radius 3 is 2.65 bits per heavy atom. The lowest BCUT2D eigenvalue weighted by Gasteiger charge is -2.15. The zero-order valence-electron chi connectivity index (χ0n) is 12.8. The molecular weight excluding hydrogens is 372 g/mol. The highest BCUT2D eigenvalue weighted by Crippen LogP contribution is 2.31. The molecule has 1 aliphatic carbocycles. The van der Waals surface area contributed by atoms with Crippen molar-refractivity contribution in [1.29, 1.82) is 0 Å². The van der Waals surface area contributed by atoms with Crippen molar-refractivity contribution in [3.8, 4) is 10.4 Å². The lowest BCUT2D eigenvalue weighted by atomic mass is 10.2. The molecule has 1 unspecified atom stereocenters. The molecular formula is C18H19BrN2OS. The van der Waals surface area contributed by atoms with Crippen LogP contribution < -0.4 is 5.32 Å². The molecule has 2 aliphatic rings. The predicted molar refractivity (Wildman–Crippen MR) is 97.9 cm³/mol. The fraction of sp³-hybridized carbons (Fsp3) is 0.389. The van der Waals surface area contributed by atoms with E-state index in [9.17, 15) is 4.79 Å². The first-order valence-electron chi connectivity index (χ1n) is 8.10. The van der Waals surface area contributed by atoms with E-state index in [0.29, 0.717) is 6.04 Å². The van der Waals surface area contributed by atoms with Crippen LogP contribution in [0.25, 0.3) is 10.4 Å². The summed E-state index contributed by atoms with van der Waals surface area (Å²) in [7, 11) is 0. The molecule has 5 heteroatoms. The molecule has 1 amide bonds. The van der Waals surface area contributed by atoms with E-state index in [1.165, 1.54) is 12.8 Å². The average Bonchev–Trinajstić information content (AvgIpc) is 3.10. The Morgan fingerprint density at radius 1 is 1.13 bits per heavy atom. The predicted octanol–water partition coefficient (Wildman–Crippen LogP) is 4.14. The first kappa shape index (κ1) is 15.4. The van der Waals surface area contributed by atoms with E-state index in [1.54, 1.807) is 11.3 Å². The summed E-state index contributed by atoms with van der Waals surface area (Å²) >= 11 is 5.01. The van der Waals surface area contributed by atoms with Crippen molar-refractivity contribution in [1.82, 2.24) is 10.2 Å². The molecule has 1 saturated heterocycles. The van der Waals surface area contributed by atoms with Gasteiger partial charge in [0.05, 0.1) is 4.88 Å². The Bertz CT molecular complexity index is 708. The summed E-state index contributed by atoms with van der Waals surface area (Å²) in [4.78, 5) is 16.9. The second kappa shape index (κ2) is 6.38. The van der Waals surface area contributed by atoms with Gasteiger partial charge in [0.2, 0.25) is 0 Å². The van der Waals surface area contributed by atoms with Gasteiger partial charge < -0.3 is 5.32 Å². The first-order chi connectivity index (χ1) is 11.2. The number of hydrogen-bond donors (Lipinski definition) is 1. The van der Waals surface area contributed by atoms with Crippen LogP contribution in [0.5, 0.6) is 0 Å². The van der Waals surface area contributed by atoms with Gasteiger partial charge in [-0.1, -0.05) is 28.1 Å². The minimum atomic E-state index is 0.0704. The molecule has 0 bridgehead atoms. The SMILES string of the molecule is O=C(NC1CCN(C2CC2)C1)c1ccc(-c2ccc(Br)cc2)s1. The van der Waals surface area contributed by atoms with Crippen LogP contribution in [0.2, 0.25) is 0 Å². The van der Waals surface area contributed by atoms with Crippen molar-refractivity contribution >= 4 is 33.2 Å². The fourth-order valence-corrected chi connectivity index (χ4v) is 4.34. The van der Waals surface area contributed by atoms with Crippen LogP contribution in [-0.4, -0.2) is 36.0 Å². The number of hydrogen-bond acceptors (Lipinski definition) is 3. The molecule has 3 nitrogen and oxygen atoms in total. The number of nitrogens with one attached hydrogen (secondary N) is 1. The second-order valence-corrected chi connectivity index (χ2v) is 8.36. The van der Waals surface area contributed by atoms with E-state index >= 15 is 0 Å². The van der Waals surface area contributed by atoms with Gasteiger partial charge in [0, 0.05) is 34.5 Å². The molecule has 1 N–H and O–H groups in total. The standard InChI is InChI=1S/C18H19BrN2OS/c19-13-3-1-12(2-4-13)16-7-8-17(23-16)18(22)20-14-9-10-21(11-14)15-5-6-15/h1-4,7-8,14-15H,5-6,9-11H2,(H,20,22). The number of thiophene rings is 1. The highest BCUT2D eigenvalue weighted by Gasteiger charge is 2.34. The van der Waals surface area contributed by atoms with Gasteiger partial charge in [0.1, 0.15) is 0 Å². The summed E-state index contributed by atoms with van der Waals surface area (Å²) in [6, 6.07) is 13.3. The normalized spacial score (nSPS) is 21.5. The van der Waals surface area contributed by atoms with E-state index in [0.717, 1.165) is 45.3 Å². The van der Waals surface area contributed by atoms with Crippen LogP contribution in [-0.2, 0) is 0 Å². The number of nitrogens with zero attached hydrogens (tertiary/aromatic N) is 1. The van der Waals surface area contributed by atoms with Gasteiger partial charge in [-0.25, -0.2) is 0 Å². The molecule has 120 valence electrons. The van der Waals surface area contributed by atoms with Crippen LogP contribution >= 0.6 is 27.3 Å². The Morgan fingerprint density at radius 2 is 1.91 bits per heavy atom. The van der Waals surface area contributed by atoms with Gasteiger partial charge in [-0.3, -0.25) is 9.69 Å². The highest BCUT2D eigenvalue weighted by atomic mass is 79.9. The Balaban J connectivity index is 1.40. The lowest BCUT2D eigenvalue weighted by Crippen LogP contribution is -2.37. The topological polar surface area (TPSA) is 32.3 Å². The summed E-state index contributed by atoms with van der Waals surface area (Å²) in [5.74, 6) is 0.0704. The molecule has 0 radical (unpaired) electrons. The molecule has 4 rings (SSSR count). The molecule has 0 spiro atoms. The molecule has 2 aromatic rings. The van der Waals surface area contributed by atoms with E-state index in [-0.39, 0.29) is 5.91 Å². The number of amides is 1. The third-order valence-electron chi connectivity index (χ3n) is 4.58. The van der Waals surface area contributed by atoms with Gasteiger partial charge in [-0.2, -0.15) is 0 Å². The summed E-state index contributed by atoms with van der Waals surface area (Å²) in [5, 5.41) is 3.20. The average molecular weight is 391 g/mol. The van der Waals surface area contributed by atoms with Crippen LogP contribution in [0.1, 0.15) is 28.9 Å². The summed E-state index contributed by atoms with van der Waals surface area (Å²) in [6.07, 6.45) is 3.75. The third kappa shape index (κ3) is 3.52. The summed E-state index contributed by atoms with van der Waals surface area (Å²) < 4.78 is 1.07. The van der Waals surface area contributed by atoms with Gasteiger partial charge in [-0.05, 0) is 49.1 Å². The van der Waals surface area contributed by atoms with Gasteiger partial charge in [0.15, 0.2) is 0 Å². The van der Waals surface area contributed by atoms with Crippen molar-refractivity contribution in [3.63, 3.8) is 0 Å². The first-order valence-corrected chi connectivity index (χ1v) is 9.71. The Labute approximate surface area is 148 Å². The number of likely N-dealkylation sites (tertiary alicyclic amines) is 1.